The van der Waals surface area contributed by atoms with Crippen molar-refractivity contribution in [2.24, 2.45) is 22.6 Å². The van der Waals surface area contributed by atoms with E-state index >= 15 is 0 Å². The Morgan fingerprint density at radius 1 is 1.00 bits per heavy atom. The van der Waals surface area contributed by atoms with Gasteiger partial charge in [0.05, 0.1) is 12.5 Å². The molecule has 3 atom stereocenters. The third kappa shape index (κ3) is 10.1. The average molecular weight is 810 g/mol. The lowest BCUT2D eigenvalue weighted by Crippen LogP contribution is -2.25. The number of phenols is 1. The summed E-state index contributed by atoms with van der Waals surface area (Å²) in [5.41, 5.74) is 11.3. The fourth-order valence-electron chi connectivity index (χ4n) is 9.34. The number of ether oxygens (including phenoxy) is 3. The van der Waals surface area contributed by atoms with Gasteiger partial charge in [-0.25, -0.2) is 0 Å². The van der Waals surface area contributed by atoms with Gasteiger partial charge in [0.25, 0.3) is 0 Å². The van der Waals surface area contributed by atoms with Crippen molar-refractivity contribution in [2.75, 3.05) is 19.5 Å². The first-order valence-corrected chi connectivity index (χ1v) is 21.6. The van der Waals surface area contributed by atoms with Crippen LogP contribution in [0.5, 0.6) is 17.2 Å². The number of carbonyl (C=O) groups is 1. The van der Waals surface area contributed by atoms with Crippen LogP contribution in [0.3, 0.4) is 0 Å². The van der Waals surface area contributed by atoms with E-state index in [0.717, 1.165) is 96.5 Å². The summed E-state index contributed by atoms with van der Waals surface area (Å²) < 4.78 is 18.6. The number of aliphatic hydroxyl groups is 1. The molecule has 60 heavy (non-hydrogen) atoms. The molecular weight excluding hydrogens is 751 g/mol. The number of allylic oxidation sites excluding steroid dienone is 3. The van der Waals surface area contributed by atoms with Crippen LogP contribution in [0.25, 0.3) is 10.8 Å². The first-order valence-electron chi connectivity index (χ1n) is 21.6. The van der Waals surface area contributed by atoms with Crippen molar-refractivity contribution in [2.45, 2.75) is 109 Å². The molecule has 0 unspecified atom stereocenters. The number of aliphatic hydroxyl groups excluding tert-OH is 1. The number of guanidine groups is 1. The molecule has 0 saturated heterocycles. The van der Waals surface area contributed by atoms with Gasteiger partial charge in [0.2, 0.25) is 0 Å². The number of unbranched alkanes of at least 4 members (excludes halogenated alkanes) is 1. The number of methoxy groups -OCH3 is 1. The highest BCUT2D eigenvalue weighted by molar-refractivity contribution is 5.93. The predicted molar refractivity (Wildman–Crippen MR) is 240 cm³/mol. The molecular formula is C51H59N3O6. The Morgan fingerprint density at radius 3 is 2.63 bits per heavy atom. The van der Waals surface area contributed by atoms with Crippen molar-refractivity contribution in [3.05, 3.63) is 119 Å². The number of anilines is 1. The lowest BCUT2D eigenvalue weighted by molar-refractivity contribution is -0.121. The minimum atomic E-state index is -0.601. The molecule has 0 aromatic heterocycles. The summed E-state index contributed by atoms with van der Waals surface area (Å²) >= 11 is 0. The molecule has 4 aliphatic rings. The van der Waals surface area contributed by atoms with Gasteiger partial charge in [-0.1, -0.05) is 62.6 Å². The molecule has 8 rings (SSSR count). The van der Waals surface area contributed by atoms with Gasteiger partial charge in [-0.05, 0) is 151 Å². The molecule has 2 heterocycles. The number of nitrogens with one attached hydrogen (secondary N) is 1. The van der Waals surface area contributed by atoms with Crippen LogP contribution >= 0.6 is 0 Å². The molecule has 6 bridgehead atoms. The standard InChI is InChI=1S/C51H59N3O6/c1-4-37-31-46(57)49-44-20-15-36(27-45(37)44)33-60-48-28-35(16-21-47(48)58-3)14-18-42(56)32-43(59-25-24-51(49)22-7-8-23-51)30-39-29-41(55)19-17-38(39)12-6-5-10-34-11-9-13-40(26-34)54-50(52)53-2/h9,11,13,15-17,19-21,26-29,31,38-39,43,55,57H,4-8,10,12,14,18,22-23,30,32-33H2,1-3H3,(H3,52,53,54)/t38-,39+,43+/m1/s1. The van der Waals surface area contributed by atoms with Gasteiger partial charge in [-0.3, -0.25) is 9.79 Å². The Morgan fingerprint density at radius 2 is 1.83 bits per heavy atom. The molecule has 4 aromatic carbocycles. The Bertz CT molecular complexity index is 2330. The highest BCUT2D eigenvalue weighted by atomic mass is 16.5. The molecule has 1 fully saturated rings. The van der Waals surface area contributed by atoms with E-state index in [1.54, 1.807) is 20.2 Å². The van der Waals surface area contributed by atoms with Gasteiger partial charge in [-0.15, -0.1) is 0 Å². The minimum Gasteiger partial charge on any atom is -0.508 e. The first kappa shape index (κ1) is 42.3. The van der Waals surface area contributed by atoms with Crippen molar-refractivity contribution in [3.63, 3.8) is 0 Å². The van der Waals surface area contributed by atoms with E-state index in [-0.39, 0.29) is 35.5 Å². The summed E-state index contributed by atoms with van der Waals surface area (Å²) in [6.07, 6.45) is 18.3. The SMILES string of the molecule is CCc1cc(O)c2c3ccc(cc13)COc1cc(ccc1OC)CCC(=O)C[C@H](C[C@@H]1C=C(O)C=C[C@H]1CCCCc1cccc(NC(N)=NC)c1)OC#CC21CCCC1. The lowest BCUT2D eigenvalue weighted by Gasteiger charge is -2.29. The predicted octanol–water partition coefficient (Wildman–Crippen LogP) is 10.2. The number of nitrogens with zero attached hydrogens (tertiary/aromatic N) is 1. The number of ketones is 1. The van der Waals surface area contributed by atoms with Gasteiger partial charge < -0.3 is 35.5 Å². The highest BCUT2D eigenvalue weighted by Crippen LogP contribution is 2.48. The van der Waals surface area contributed by atoms with E-state index in [4.69, 9.17) is 19.9 Å². The fourth-order valence-corrected chi connectivity index (χ4v) is 9.34. The van der Waals surface area contributed by atoms with Gasteiger partial charge in [0.1, 0.15) is 36.1 Å². The second kappa shape index (κ2) is 19.5. The summed E-state index contributed by atoms with van der Waals surface area (Å²) in [5.74, 6) is 5.89. The van der Waals surface area contributed by atoms with Gasteiger partial charge in [0.15, 0.2) is 17.5 Å². The zero-order valence-corrected chi connectivity index (χ0v) is 35.3. The summed E-state index contributed by atoms with van der Waals surface area (Å²) in [7, 11) is 3.29. The average Bonchev–Trinajstić information content (AvgIpc) is 3.72. The number of nitrogens with two attached hydrogens (primary N) is 1. The quantitative estimate of drug-likeness (QED) is 0.0538. The third-order valence-electron chi connectivity index (χ3n) is 12.5. The number of carbonyl (C=O) groups excluding carboxylic acids is 1. The van der Waals surface area contributed by atoms with Crippen LogP contribution in [0.1, 0.15) is 98.9 Å². The molecule has 2 aliphatic carbocycles. The van der Waals surface area contributed by atoms with Crippen LogP contribution in [-0.4, -0.2) is 42.2 Å². The molecule has 1 saturated carbocycles. The smallest absolute Gasteiger partial charge is 0.192 e. The second-order valence-electron chi connectivity index (χ2n) is 16.6. The molecule has 4 aromatic rings. The maximum absolute atomic E-state index is 13.8. The number of fused-ring (bicyclic) bond motifs is 8. The molecule has 2 aliphatic heterocycles. The third-order valence-corrected chi connectivity index (χ3v) is 12.5. The van der Waals surface area contributed by atoms with Crippen molar-refractivity contribution < 1.29 is 29.2 Å². The number of hydrogen-bond acceptors (Lipinski definition) is 7. The monoisotopic (exact) mass is 809 g/mol. The van der Waals surface area contributed by atoms with Crippen molar-refractivity contribution in [1.29, 1.82) is 0 Å². The maximum Gasteiger partial charge on any atom is 0.192 e. The molecule has 9 heteroatoms. The van der Waals surface area contributed by atoms with Crippen LogP contribution < -0.4 is 20.5 Å². The molecule has 1 spiro atoms. The zero-order valence-electron chi connectivity index (χ0n) is 35.3. The second-order valence-corrected chi connectivity index (χ2v) is 16.6. The van der Waals surface area contributed by atoms with Crippen molar-refractivity contribution >= 4 is 28.2 Å². The molecule has 314 valence electrons. The largest absolute Gasteiger partial charge is 0.508 e. The number of hydrogen-bond donors (Lipinski definition) is 4. The van der Waals surface area contributed by atoms with E-state index in [1.165, 1.54) is 5.56 Å². The molecule has 0 radical (unpaired) electrons. The number of phenolic OH excluding ortho intramolecular Hbond substituents is 1. The molecule has 0 amide bonds. The summed E-state index contributed by atoms with van der Waals surface area (Å²) in [6.45, 7) is 2.45. The van der Waals surface area contributed by atoms with Crippen LogP contribution in [-0.2, 0) is 40.8 Å². The van der Waals surface area contributed by atoms with E-state index in [0.29, 0.717) is 43.3 Å². The Labute approximate surface area is 354 Å². The number of aliphatic imine (C=N–C) groups is 1. The van der Waals surface area contributed by atoms with Gasteiger partial charge in [-0.2, -0.15) is 0 Å². The summed E-state index contributed by atoms with van der Waals surface area (Å²) in [6, 6.07) is 22.3. The van der Waals surface area contributed by atoms with Crippen molar-refractivity contribution in [3.8, 4) is 29.3 Å². The Balaban J connectivity index is 1.16. The van der Waals surface area contributed by atoms with E-state index in [1.807, 2.05) is 42.5 Å². The first-order chi connectivity index (χ1) is 29.2. The number of rotatable bonds is 10. The Hall–Kier alpha value is -5.88. The number of Topliss-reactive ketones (excluding diaryl/α,β-unsaturated/α-hetero) is 1. The normalized spacial score (nSPS) is 20.4. The fraction of sp³-hybridized carbons (Fsp3) is 0.412. The van der Waals surface area contributed by atoms with Crippen LogP contribution in [0, 0.1) is 23.9 Å². The maximum atomic E-state index is 13.8. The number of aromatic hydroxyl groups is 1. The van der Waals surface area contributed by atoms with E-state index in [2.05, 4.69) is 65.7 Å². The topological polar surface area (TPSA) is 136 Å². The van der Waals surface area contributed by atoms with Gasteiger partial charge in [0, 0.05) is 31.1 Å². The molecule has 9 nitrogen and oxygen atoms in total. The highest BCUT2D eigenvalue weighted by Gasteiger charge is 2.38. The van der Waals surface area contributed by atoms with Gasteiger partial charge >= 0.3 is 0 Å². The van der Waals surface area contributed by atoms with Crippen LogP contribution in [0.4, 0.5) is 5.69 Å². The van der Waals surface area contributed by atoms with Crippen LogP contribution in [0.15, 0.2) is 95.7 Å². The number of aryl methyl sites for hydroxylation is 3. The van der Waals surface area contributed by atoms with Crippen molar-refractivity contribution in [1.82, 2.24) is 0 Å². The molecule has 5 N–H and O–H groups in total. The lowest BCUT2D eigenvalue weighted by atomic mass is 9.76. The van der Waals surface area contributed by atoms with E-state index < -0.39 is 11.5 Å². The van der Waals surface area contributed by atoms with E-state index in [9.17, 15) is 15.0 Å². The Kier molecular flexibility index (Phi) is 13.7. The minimum absolute atomic E-state index is 0.0365. The summed E-state index contributed by atoms with van der Waals surface area (Å²) in [4.78, 5) is 17.8. The zero-order chi connectivity index (χ0) is 42.1. The number of benzene rings is 4. The van der Waals surface area contributed by atoms with Crippen LogP contribution in [0.2, 0.25) is 0 Å². The summed E-state index contributed by atoms with van der Waals surface area (Å²) in [5, 5.41) is 27.6.